The van der Waals surface area contributed by atoms with Crippen LogP contribution in [0.3, 0.4) is 0 Å². The van der Waals surface area contributed by atoms with E-state index in [1.165, 1.54) is 5.56 Å². The van der Waals surface area contributed by atoms with E-state index in [9.17, 15) is 4.79 Å². The number of carbonyl (C=O) groups excluding carboxylic acids is 1. The SMILES string of the molecule is CC(C)(C)[Si](C)(C)O[C@H]1C[C@H](C=O)N(Cc2ccccc2)C1. The monoisotopic (exact) mass is 319 g/mol. The van der Waals surface area contributed by atoms with Gasteiger partial charge in [0, 0.05) is 13.1 Å². The van der Waals surface area contributed by atoms with Gasteiger partial charge < -0.3 is 9.22 Å². The van der Waals surface area contributed by atoms with Crippen molar-refractivity contribution in [3.63, 3.8) is 0 Å². The fourth-order valence-electron chi connectivity index (χ4n) is 2.71. The van der Waals surface area contributed by atoms with Crippen LogP contribution in [0.15, 0.2) is 30.3 Å². The van der Waals surface area contributed by atoms with Crippen LogP contribution in [0.25, 0.3) is 0 Å². The molecule has 1 saturated heterocycles. The molecule has 1 heterocycles. The molecule has 2 atom stereocenters. The van der Waals surface area contributed by atoms with Gasteiger partial charge in [-0.1, -0.05) is 51.1 Å². The highest BCUT2D eigenvalue weighted by atomic mass is 28.4. The zero-order valence-electron chi connectivity index (χ0n) is 14.5. The van der Waals surface area contributed by atoms with Gasteiger partial charge in [0.25, 0.3) is 0 Å². The summed E-state index contributed by atoms with van der Waals surface area (Å²) in [7, 11) is -1.78. The van der Waals surface area contributed by atoms with E-state index in [0.29, 0.717) is 0 Å². The first-order chi connectivity index (χ1) is 10.2. The van der Waals surface area contributed by atoms with Crippen LogP contribution in [0.4, 0.5) is 0 Å². The Kier molecular flexibility index (Phi) is 5.25. The molecule has 22 heavy (non-hydrogen) atoms. The van der Waals surface area contributed by atoms with E-state index < -0.39 is 8.32 Å². The largest absolute Gasteiger partial charge is 0.413 e. The Bertz CT molecular complexity index is 496. The summed E-state index contributed by atoms with van der Waals surface area (Å²) >= 11 is 0. The van der Waals surface area contributed by atoms with Gasteiger partial charge in [-0.25, -0.2) is 0 Å². The second-order valence-electron chi connectivity index (χ2n) is 7.85. The Morgan fingerprint density at radius 2 is 1.91 bits per heavy atom. The summed E-state index contributed by atoms with van der Waals surface area (Å²) in [5, 5.41) is 0.205. The smallest absolute Gasteiger partial charge is 0.192 e. The van der Waals surface area contributed by atoms with Gasteiger partial charge in [-0.05, 0) is 30.1 Å². The van der Waals surface area contributed by atoms with Gasteiger partial charge in [-0.3, -0.25) is 4.90 Å². The van der Waals surface area contributed by atoms with Crippen LogP contribution in [0.5, 0.6) is 0 Å². The number of hydrogen-bond acceptors (Lipinski definition) is 3. The normalized spacial score (nSPS) is 23.7. The number of rotatable bonds is 5. The lowest BCUT2D eigenvalue weighted by molar-refractivity contribution is -0.111. The van der Waals surface area contributed by atoms with Crippen LogP contribution in [0, 0.1) is 0 Å². The molecule has 0 amide bonds. The summed E-state index contributed by atoms with van der Waals surface area (Å²) in [6, 6.07) is 10.3. The summed E-state index contributed by atoms with van der Waals surface area (Å²) in [5.74, 6) is 0. The maximum atomic E-state index is 11.4. The third-order valence-corrected chi connectivity index (χ3v) is 9.60. The maximum absolute atomic E-state index is 11.4. The van der Waals surface area contributed by atoms with Crippen molar-refractivity contribution >= 4 is 14.6 Å². The third-order valence-electron chi connectivity index (χ3n) is 5.06. The molecule has 0 aromatic heterocycles. The second-order valence-corrected chi connectivity index (χ2v) is 12.6. The highest BCUT2D eigenvalue weighted by Crippen LogP contribution is 2.38. The molecule has 122 valence electrons. The molecule has 2 rings (SSSR count). The van der Waals surface area contributed by atoms with Crippen LogP contribution in [-0.4, -0.2) is 38.2 Å². The fraction of sp³-hybridized carbons (Fsp3) is 0.611. The highest BCUT2D eigenvalue weighted by molar-refractivity contribution is 6.74. The zero-order valence-corrected chi connectivity index (χ0v) is 15.5. The number of hydrogen-bond donors (Lipinski definition) is 0. The van der Waals surface area contributed by atoms with Crippen molar-refractivity contribution < 1.29 is 9.22 Å². The van der Waals surface area contributed by atoms with Crippen molar-refractivity contribution in [1.29, 1.82) is 0 Å². The van der Waals surface area contributed by atoms with Gasteiger partial charge in [-0.2, -0.15) is 0 Å². The van der Waals surface area contributed by atoms with Gasteiger partial charge >= 0.3 is 0 Å². The lowest BCUT2D eigenvalue weighted by atomic mass is 10.2. The van der Waals surface area contributed by atoms with Gasteiger partial charge in [0.15, 0.2) is 8.32 Å². The van der Waals surface area contributed by atoms with Crippen LogP contribution in [0.1, 0.15) is 32.8 Å². The molecule has 0 radical (unpaired) electrons. The fourth-order valence-corrected chi connectivity index (χ4v) is 4.07. The molecule has 1 aliphatic rings. The van der Waals surface area contributed by atoms with Crippen molar-refractivity contribution in [1.82, 2.24) is 4.90 Å². The molecule has 3 nitrogen and oxygen atoms in total. The summed E-state index contributed by atoms with van der Waals surface area (Å²) in [4.78, 5) is 13.7. The quantitative estimate of drug-likeness (QED) is 0.610. The van der Waals surface area contributed by atoms with Crippen molar-refractivity contribution in [2.75, 3.05) is 6.54 Å². The summed E-state index contributed by atoms with van der Waals surface area (Å²) in [6.45, 7) is 13.0. The summed E-state index contributed by atoms with van der Waals surface area (Å²) in [5.41, 5.74) is 1.25. The molecule has 1 fully saturated rings. The first kappa shape index (κ1) is 17.4. The predicted molar refractivity (Wildman–Crippen MR) is 93.4 cm³/mol. The van der Waals surface area contributed by atoms with E-state index in [1.807, 2.05) is 18.2 Å². The number of nitrogens with zero attached hydrogens (tertiary/aromatic N) is 1. The van der Waals surface area contributed by atoms with Gasteiger partial charge in [0.2, 0.25) is 0 Å². The van der Waals surface area contributed by atoms with Crippen molar-refractivity contribution in [3.8, 4) is 0 Å². The average Bonchev–Trinajstić information content (AvgIpc) is 2.79. The molecule has 1 aliphatic heterocycles. The predicted octanol–water partition coefficient (Wildman–Crippen LogP) is 3.85. The first-order valence-corrected chi connectivity index (χ1v) is 11.0. The second kappa shape index (κ2) is 6.65. The molecule has 0 saturated carbocycles. The molecular weight excluding hydrogens is 290 g/mol. The van der Waals surface area contributed by atoms with Gasteiger partial charge in [0.05, 0.1) is 12.1 Å². The lowest BCUT2D eigenvalue weighted by Crippen LogP contribution is -2.44. The van der Waals surface area contributed by atoms with Crippen LogP contribution >= 0.6 is 0 Å². The molecule has 0 N–H and O–H groups in total. The van der Waals surface area contributed by atoms with E-state index >= 15 is 0 Å². The van der Waals surface area contributed by atoms with Crippen LogP contribution < -0.4 is 0 Å². The van der Waals surface area contributed by atoms with E-state index in [1.54, 1.807) is 0 Å². The Balaban J connectivity index is 2.02. The Hall–Kier alpha value is -0.973. The van der Waals surface area contributed by atoms with Crippen molar-refractivity contribution in [2.45, 2.75) is 64.0 Å². The molecule has 0 aliphatic carbocycles. The van der Waals surface area contributed by atoms with E-state index in [-0.39, 0.29) is 17.2 Å². The van der Waals surface area contributed by atoms with E-state index in [2.05, 4.69) is 50.9 Å². The van der Waals surface area contributed by atoms with Gasteiger partial charge in [-0.15, -0.1) is 0 Å². The minimum absolute atomic E-state index is 0.0185. The first-order valence-electron chi connectivity index (χ1n) is 8.14. The molecule has 1 aromatic rings. The maximum Gasteiger partial charge on any atom is 0.192 e. The van der Waals surface area contributed by atoms with Gasteiger partial charge in [0.1, 0.15) is 6.29 Å². The molecule has 1 aromatic carbocycles. The number of benzene rings is 1. The molecule has 4 heteroatoms. The molecule has 0 unspecified atom stereocenters. The number of likely N-dealkylation sites (tertiary alicyclic amines) is 1. The average molecular weight is 320 g/mol. The minimum Gasteiger partial charge on any atom is -0.413 e. The lowest BCUT2D eigenvalue weighted by Gasteiger charge is -2.38. The highest BCUT2D eigenvalue weighted by Gasteiger charge is 2.42. The molecular formula is C18H29NO2Si. The molecule has 0 bridgehead atoms. The number of carbonyl (C=O) groups is 1. The Morgan fingerprint density at radius 3 is 2.45 bits per heavy atom. The molecule has 0 spiro atoms. The van der Waals surface area contributed by atoms with Crippen molar-refractivity contribution in [2.24, 2.45) is 0 Å². The standard InChI is InChI=1S/C18H29NO2Si/c1-18(2,3)22(4,5)21-17-11-16(14-20)19(13-17)12-15-9-7-6-8-10-15/h6-10,14,16-17H,11-13H2,1-5H3/t16-,17+/m1/s1. The van der Waals surface area contributed by atoms with E-state index in [0.717, 1.165) is 25.8 Å². The Labute approximate surface area is 135 Å². The van der Waals surface area contributed by atoms with E-state index in [4.69, 9.17) is 4.43 Å². The number of aldehydes is 1. The summed E-state index contributed by atoms with van der Waals surface area (Å²) < 4.78 is 6.50. The topological polar surface area (TPSA) is 29.5 Å². The zero-order chi connectivity index (χ0) is 16.4. The van der Waals surface area contributed by atoms with Crippen LogP contribution in [-0.2, 0) is 15.8 Å². The third kappa shape index (κ3) is 4.06. The summed E-state index contributed by atoms with van der Waals surface area (Å²) in [6.07, 6.45) is 2.08. The van der Waals surface area contributed by atoms with Crippen molar-refractivity contribution in [3.05, 3.63) is 35.9 Å². The van der Waals surface area contributed by atoms with Crippen LogP contribution in [0.2, 0.25) is 18.1 Å². The Morgan fingerprint density at radius 1 is 1.27 bits per heavy atom. The minimum atomic E-state index is -1.78.